The number of fused-ring (bicyclic) bond motifs is 1. The highest BCUT2D eigenvalue weighted by molar-refractivity contribution is 6.05. The molecule has 5 rings (SSSR count). The van der Waals surface area contributed by atoms with E-state index in [1.807, 2.05) is 30.3 Å². The number of likely N-dealkylation sites (tertiary alicyclic amines) is 1. The lowest BCUT2D eigenvalue weighted by atomic mass is 10.1. The van der Waals surface area contributed by atoms with Gasteiger partial charge in [-0.05, 0) is 56.3 Å². The molecule has 8 nitrogen and oxygen atoms in total. The number of H-pyrrole nitrogens is 2. The molecule has 0 saturated carbocycles. The number of piperidine rings is 1. The van der Waals surface area contributed by atoms with Crippen LogP contribution < -0.4 is 5.32 Å². The summed E-state index contributed by atoms with van der Waals surface area (Å²) in [6, 6.07) is 13.0. The molecular formula is C22H23N7O. The molecule has 0 atom stereocenters. The first-order chi connectivity index (χ1) is 14.7. The van der Waals surface area contributed by atoms with Gasteiger partial charge in [0.2, 0.25) is 0 Å². The van der Waals surface area contributed by atoms with E-state index in [-0.39, 0.29) is 5.91 Å². The smallest absolute Gasteiger partial charge is 0.255 e. The molecule has 0 bridgehead atoms. The van der Waals surface area contributed by atoms with Gasteiger partial charge in [0.1, 0.15) is 12.2 Å². The largest absolute Gasteiger partial charge is 0.341 e. The van der Waals surface area contributed by atoms with Crippen molar-refractivity contribution in [1.82, 2.24) is 30.0 Å². The molecule has 3 N–H and O–H groups in total. The molecule has 4 aromatic rings. The zero-order valence-electron chi connectivity index (χ0n) is 16.6. The van der Waals surface area contributed by atoms with Gasteiger partial charge >= 0.3 is 0 Å². The number of carbonyl (C=O) groups is 1. The number of aromatic amines is 2. The van der Waals surface area contributed by atoms with Gasteiger partial charge in [-0.15, -0.1) is 0 Å². The number of amides is 1. The molecule has 2 aromatic carbocycles. The van der Waals surface area contributed by atoms with E-state index in [2.05, 4.69) is 30.4 Å². The molecule has 30 heavy (non-hydrogen) atoms. The van der Waals surface area contributed by atoms with E-state index in [0.29, 0.717) is 11.4 Å². The van der Waals surface area contributed by atoms with Crippen molar-refractivity contribution in [3.63, 3.8) is 0 Å². The molecule has 0 unspecified atom stereocenters. The molecule has 0 radical (unpaired) electrons. The van der Waals surface area contributed by atoms with Crippen LogP contribution >= 0.6 is 0 Å². The van der Waals surface area contributed by atoms with Gasteiger partial charge in [0.25, 0.3) is 5.91 Å². The van der Waals surface area contributed by atoms with Crippen molar-refractivity contribution in [3.05, 3.63) is 60.2 Å². The van der Waals surface area contributed by atoms with Crippen molar-refractivity contribution < 1.29 is 4.79 Å². The summed E-state index contributed by atoms with van der Waals surface area (Å²) in [5.74, 6) is 1.48. The molecule has 0 spiro atoms. The van der Waals surface area contributed by atoms with Crippen LogP contribution in [0.1, 0.15) is 35.4 Å². The van der Waals surface area contributed by atoms with E-state index in [0.717, 1.165) is 47.7 Å². The zero-order chi connectivity index (χ0) is 20.3. The Kier molecular flexibility index (Phi) is 4.98. The summed E-state index contributed by atoms with van der Waals surface area (Å²) in [4.78, 5) is 27.3. The van der Waals surface area contributed by atoms with Crippen LogP contribution in [0.15, 0.2) is 48.8 Å². The fourth-order valence-electron chi connectivity index (χ4n) is 3.87. The Labute approximate surface area is 173 Å². The van der Waals surface area contributed by atoms with Crippen LogP contribution in [-0.2, 0) is 6.54 Å². The van der Waals surface area contributed by atoms with Crippen molar-refractivity contribution in [1.29, 1.82) is 0 Å². The first-order valence-corrected chi connectivity index (χ1v) is 10.2. The lowest BCUT2D eigenvalue weighted by Crippen LogP contribution is -2.29. The molecular weight excluding hydrogens is 378 g/mol. The molecule has 1 amide bonds. The Morgan fingerprint density at radius 3 is 2.67 bits per heavy atom. The third-order valence-electron chi connectivity index (χ3n) is 5.45. The Hall–Kier alpha value is -3.52. The van der Waals surface area contributed by atoms with Crippen LogP contribution in [0.25, 0.3) is 22.4 Å². The van der Waals surface area contributed by atoms with E-state index in [1.165, 1.54) is 25.6 Å². The van der Waals surface area contributed by atoms with Gasteiger partial charge in [0.15, 0.2) is 5.82 Å². The number of anilines is 1. The molecule has 1 aliphatic rings. The highest BCUT2D eigenvalue weighted by Gasteiger charge is 2.13. The first kappa shape index (κ1) is 18.5. The van der Waals surface area contributed by atoms with Gasteiger partial charge < -0.3 is 10.3 Å². The molecule has 8 heteroatoms. The van der Waals surface area contributed by atoms with E-state index in [9.17, 15) is 4.79 Å². The highest BCUT2D eigenvalue weighted by Crippen LogP contribution is 2.20. The van der Waals surface area contributed by atoms with Gasteiger partial charge in [-0.25, -0.2) is 9.97 Å². The van der Waals surface area contributed by atoms with Crippen LogP contribution in [0.2, 0.25) is 0 Å². The van der Waals surface area contributed by atoms with Crippen molar-refractivity contribution in [2.24, 2.45) is 0 Å². The summed E-state index contributed by atoms with van der Waals surface area (Å²) in [6.45, 7) is 3.11. The standard InChI is InChI=1S/C22H23N7O/c30-22(16-6-4-15(5-7-16)21-23-14-24-28-21)25-17-8-9-18-19(12-17)27-20(26-18)13-29-10-2-1-3-11-29/h4-9,12,14H,1-3,10-11,13H2,(H,25,30)(H,26,27)(H,23,24,28). The van der Waals surface area contributed by atoms with Gasteiger partial charge in [0.05, 0.1) is 17.6 Å². The second-order valence-electron chi connectivity index (χ2n) is 7.62. The second kappa shape index (κ2) is 8.08. The number of nitrogens with zero attached hydrogens (tertiary/aromatic N) is 4. The monoisotopic (exact) mass is 401 g/mol. The number of hydrogen-bond acceptors (Lipinski definition) is 5. The van der Waals surface area contributed by atoms with Crippen molar-refractivity contribution >= 4 is 22.6 Å². The average Bonchev–Trinajstić information content (AvgIpc) is 3.44. The Balaban J connectivity index is 1.28. The predicted molar refractivity (Wildman–Crippen MR) is 115 cm³/mol. The number of benzene rings is 2. The maximum absolute atomic E-state index is 12.6. The number of rotatable bonds is 5. The summed E-state index contributed by atoms with van der Waals surface area (Å²) in [5.41, 5.74) is 4.04. The Morgan fingerprint density at radius 2 is 1.90 bits per heavy atom. The fraction of sp³-hybridized carbons (Fsp3) is 0.273. The Morgan fingerprint density at radius 1 is 1.07 bits per heavy atom. The Bertz CT molecular complexity index is 1140. The van der Waals surface area contributed by atoms with Crippen LogP contribution in [0, 0.1) is 0 Å². The zero-order valence-corrected chi connectivity index (χ0v) is 16.6. The molecule has 3 heterocycles. The van der Waals surface area contributed by atoms with Gasteiger partial charge in [-0.2, -0.15) is 5.10 Å². The number of nitrogens with one attached hydrogen (secondary N) is 3. The third kappa shape index (κ3) is 3.95. The van der Waals surface area contributed by atoms with Crippen molar-refractivity contribution in [2.75, 3.05) is 18.4 Å². The van der Waals surface area contributed by atoms with Gasteiger partial charge in [0, 0.05) is 16.8 Å². The molecule has 152 valence electrons. The van der Waals surface area contributed by atoms with Gasteiger partial charge in [-0.3, -0.25) is 14.8 Å². The maximum atomic E-state index is 12.6. The minimum Gasteiger partial charge on any atom is -0.341 e. The number of hydrogen-bond donors (Lipinski definition) is 3. The third-order valence-corrected chi connectivity index (χ3v) is 5.45. The summed E-state index contributed by atoms with van der Waals surface area (Å²) in [7, 11) is 0. The van der Waals surface area contributed by atoms with E-state index >= 15 is 0 Å². The number of imidazole rings is 1. The predicted octanol–water partition coefficient (Wildman–Crippen LogP) is 3.59. The summed E-state index contributed by atoms with van der Waals surface area (Å²) < 4.78 is 0. The van der Waals surface area contributed by atoms with E-state index in [1.54, 1.807) is 12.1 Å². The van der Waals surface area contributed by atoms with Crippen molar-refractivity contribution in [3.8, 4) is 11.4 Å². The highest BCUT2D eigenvalue weighted by atomic mass is 16.1. The number of carbonyl (C=O) groups excluding carboxylic acids is 1. The molecule has 1 aliphatic heterocycles. The summed E-state index contributed by atoms with van der Waals surface area (Å²) >= 11 is 0. The molecule has 1 fully saturated rings. The van der Waals surface area contributed by atoms with Crippen LogP contribution in [-0.4, -0.2) is 49.0 Å². The van der Waals surface area contributed by atoms with Gasteiger partial charge in [-0.1, -0.05) is 18.6 Å². The molecule has 0 aliphatic carbocycles. The van der Waals surface area contributed by atoms with Crippen LogP contribution in [0.3, 0.4) is 0 Å². The van der Waals surface area contributed by atoms with Crippen molar-refractivity contribution in [2.45, 2.75) is 25.8 Å². The normalized spacial score (nSPS) is 14.8. The lowest BCUT2D eigenvalue weighted by molar-refractivity contribution is 0.102. The second-order valence-corrected chi connectivity index (χ2v) is 7.62. The minimum atomic E-state index is -0.161. The minimum absolute atomic E-state index is 0.161. The van der Waals surface area contributed by atoms with Crippen LogP contribution in [0.5, 0.6) is 0 Å². The quantitative estimate of drug-likeness (QED) is 0.474. The maximum Gasteiger partial charge on any atom is 0.255 e. The lowest BCUT2D eigenvalue weighted by Gasteiger charge is -2.25. The average molecular weight is 401 g/mol. The SMILES string of the molecule is O=C(Nc1ccc2nc(CN3CCCCC3)[nH]c2c1)c1ccc(-c2ncn[nH]2)cc1. The van der Waals surface area contributed by atoms with E-state index < -0.39 is 0 Å². The summed E-state index contributed by atoms with van der Waals surface area (Å²) in [6.07, 6.45) is 5.30. The molecule has 2 aromatic heterocycles. The fourth-order valence-corrected chi connectivity index (χ4v) is 3.87. The van der Waals surface area contributed by atoms with E-state index in [4.69, 9.17) is 4.98 Å². The molecule has 1 saturated heterocycles. The first-order valence-electron chi connectivity index (χ1n) is 10.2. The number of aromatic nitrogens is 5. The van der Waals surface area contributed by atoms with Crippen LogP contribution in [0.4, 0.5) is 5.69 Å². The summed E-state index contributed by atoms with van der Waals surface area (Å²) in [5, 5.41) is 9.62. The topological polar surface area (TPSA) is 103 Å².